The highest BCUT2D eigenvalue weighted by Crippen LogP contribution is 2.31. The maximum Gasteiger partial charge on any atom is 0.239 e. The average molecular weight is 415 g/mol. The zero-order chi connectivity index (χ0) is 21.1. The van der Waals surface area contributed by atoms with E-state index in [-0.39, 0.29) is 11.8 Å². The lowest BCUT2D eigenvalue weighted by molar-refractivity contribution is -0.132. The van der Waals surface area contributed by atoms with Crippen LogP contribution < -0.4 is 5.32 Å². The summed E-state index contributed by atoms with van der Waals surface area (Å²) in [5.41, 5.74) is 1.65. The van der Waals surface area contributed by atoms with Crippen LogP contribution in [0.25, 0.3) is 0 Å². The first-order valence-corrected chi connectivity index (χ1v) is 10.8. The number of carbonyl (C=O) groups is 2. The first kappa shape index (κ1) is 20.6. The van der Waals surface area contributed by atoms with Crippen molar-refractivity contribution < 1.29 is 14.1 Å². The number of anilines is 1. The number of aryl methyl sites for hydroxylation is 2. The SMILES string of the molecule is Cc1noc(C)c1CC(=O)N1CCN(CC(=O)Nc2ccnn2C2CCCC2)CC1. The highest BCUT2D eigenvalue weighted by Gasteiger charge is 2.25. The van der Waals surface area contributed by atoms with Crippen LogP contribution in [0.5, 0.6) is 0 Å². The number of nitrogens with zero attached hydrogens (tertiary/aromatic N) is 5. The van der Waals surface area contributed by atoms with Crippen LogP contribution in [0, 0.1) is 13.8 Å². The number of hydrogen-bond acceptors (Lipinski definition) is 6. The van der Waals surface area contributed by atoms with Gasteiger partial charge in [0.15, 0.2) is 0 Å². The largest absolute Gasteiger partial charge is 0.361 e. The lowest BCUT2D eigenvalue weighted by Crippen LogP contribution is -2.50. The van der Waals surface area contributed by atoms with E-state index in [1.165, 1.54) is 12.8 Å². The van der Waals surface area contributed by atoms with Crippen LogP contribution in [-0.2, 0) is 16.0 Å². The minimum atomic E-state index is -0.0368. The Morgan fingerprint density at radius 3 is 2.57 bits per heavy atom. The molecule has 0 spiro atoms. The monoisotopic (exact) mass is 414 g/mol. The third-order valence-corrected chi connectivity index (χ3v) is 6.21. The molecule has 1 saturated heterocycles. The maximum absolute atomic E-state index is 12.6. The van der Waals surface area contributed by atoms with Crippen molar-refractivity contribution in [1.82, 2.24) is 24.7 Å². The second kappa shape index (κ2) is 8.99. The van der Waals surface area contributed by atoms with Crippen molar-refractivity contribution in [2.45, 2.75) is 52.0 Å². The summed E-state index contributed by atoms with van der Waals surface area (Å²) in [5, 5.41) is 11.3. The molecule has 0 aromatic carbocycles. The second-order valence-electron chi connectivity index (χ2n) is 8.28. The van der Waals surface area contributed by atoms with Crippen LogP contribution in [0.1, 0.15) is 48.7 Å². The van der Waals surface area contributed by atoms with Crippen LogP contribution >= 0.6 is 0 Å². The van der Waals surface area contributed by atoms with Crippen molar-refractivity contribution in [3.63, 3.8) is 0 Å². The Morgan fingerprint density at radius 1 is 1.17 bits per heavy atom. The molecule has 9 heteroatoms. The molecule has 1 aliphatic heterocycles. The van der Waals surface area contributed by atoms with Gasteiger partial charge in [0.2, 0.25) is 11.8 Å². The summed E-state index contributed by atoms with van der Waals surface area (Å²) in [4.78, 5) is 29.1. The van der Waals surface area contributed by atoms with Gasteiger partial charge in [0.1, 0.15) is 11.6 Å². The molecule has 1 N–H and O–H groups in total. The summed E-state index contributed by atoms with van der Waals surface area (Å²) in [6.07, 6.45) is 6.74. The van der Waals surface area contributed by atoms with Crippen molar-refractivity contribution in [3.05, 3.63) is 29.3 Å². The number of piperazine rings is 1. The highest BCUT2D eigenvalue weighted by molar-refractivity contribution is 5.91. The van der Waals surface area contributed by atoms with E-state index >= 15 is 0 Å². The van der Waals surface area contributed by atoms with E-state index in [0.717, 1.165) is 29.9 Å². The number of rotatable bonds is 6. The molecule has 9 nitrogen and oxygen atoms in total. The van der Waals surface area contributed by atoms with Crippen LogP contribution in [-0.4, -0.2) is 69.3 Å². The molecule has 1 saturated carbocycles. The Kier molecular flexibility index (Phi) is 6.17. The van der Waals surface area contributed by atoms with Gasteiger partial charge in [-0.05, 0) is 26.7 Å². The lowest BCUT2D eigenvalue weighted by atomic mass is 10.1. The number of hydrogen-bond donors (Lipinski definition) is 1. The van der Waals surface area contributed by atoms with Crippen molar-refractivity contribution in [1.29, 1.82) is 0 Å². The van der Waals surface area contributed by atoms with Crippen LogP contribution in [0.2, 0.25) is 0 Å². The summed E-state index contributed by atoms with van der Waals surface area (Å²) < 4.78 is 7.10. The fraction of sp³-hybridized carbons (Fsp3) is 0.619. The Balaban J connectivity index is 1.24. The van der Waals surface area contributed by atoms with E-state index in [2.05, 4.69) is 20.5 Å². The minimum Gasteiger partial charge on any atom is -0.361 e. The molecule has 4 rings (SSSR count). The van der Waals surface area contributed by atoms with E-state index in [9.17, 15) is 9.59 Å². The first-order valence-electron chi connectivity index (χ1n) is 10.8. The normalized spacial score (nSPS) is 18.1. The summed E-state index contributed by atoms with van der Waals surface area (Å²) in [7, 11) is 0. The Hall–Kier alpha value is -2.68. The van der Waals surface area contributed by atoms with Crippen LogP contribution in [0.15, 0.2) is 16.8 Å². The molecule has 30 heavy (non-hydrogen) atoms. The van der Waals surface area contributed by atoms with Crippen LogP contribution in [0.3, 0.4) is 0 Å². The molecule has 0 atom stereocenters. The van der Waals surface area contributed by atoms with Gasteiger partial charge < -0.3 is 14.7 Å². The molecule has 2 aliphatic rings. The average Bonchev–Trinajstić information content (AvgIpc) is 3.47. The fourth-order valence-electron chi connectivity index (χ4n) is 4.41. The van der Waals surface area contributed by atoms with Gasteiger partial charge in [-0.15, -0.1) is 0 Å². The van der Waals surface area contributed by atoms with Gasteiger partial charge in [0.05, 0.1) is 30.9 Å². The van der Waals surface area contributed by atoms with Gasteiger partial charge in [-0.3, -0.25) is 14.5 Å². The zero-order valence-corrected chi connectivity index (χ0v) is 17.8. The Labute approximate surface area is 176 Å². The zero-order valence-electron chi connectivity index (χ0n) is 17.8. The van der Waals surface area contributed by atoms with Crippen molar-refractivity contribution in [2.75, 3.05) is 38.0 Å². The molecule has 0 unspecified atom stereocenters. The molecule has 2 fully saturated rings. The summed E-state index contributed by atoms with van der Waals surface area (Å²) >= 11 is 0. The van der Waals surface area contributed by atoms with Gasteiger partial charge in [0.25, 0.3) is 0 Å². The fourth-order valence-corrected chi connectivity index (χ4v) is 4.41. The van der Waals surface area contributed by atoms with Gasteiger partial charge in [-0.1, -0.05) is 18.0 Å². The van der Waals surface area contributed by atoms with E-state index in [4.69, 9.17) is 4.52 Å². The first-order chi connectivity index (χ1) is 14.5. The molecule has 2 aromatic heterocycles. The molecule has 2 aromatic rings. The van der Waals surface area contributed by atoms with Gasteiger partial charge in [0, 0.05) is 37.8 Å². The molecular formula is C21H30N6O3. The Bertz CT molecular complexity index is 871. The van der Waals surface area contributed by atoms with Gasteiger partial charge in [-0.25, -0.2) is 4.68 Å². The topological polar surface area (TPSA) is 96.5 Å². The second-order valence-corrected chi connectivity index (χ2v) is 8.28. The van der Waals surface area contributed by atoms with Crippen molar-refractivity contribution in [3.8, 4) is 0 Å². The van der Waals surface area contributed by atoms with E-state index < -0.39 is 0 Å². The van der Waals surface area contributed by atoms with Gasteiger partial charge >= 0.3 is 0 Å². The molecule has 162 valence electrons. The quantitative estimate of drug-likeness (QED) is 0.776. The van der Waals surface area contributed by atoms with Crippen LogP contribution in [0.4, 0.5) is 5.82 Å². The summed E-state index contributed by atoms with van der Waals surface area (Å²) in [6, 6.07) is 2.25. The smallest absolute Gasteiger partial charge is 0.239 e. The molecule has 0 radical (unpaired) electrons. The molecule has 1 aliphatic carbocycles. The third kappa shape index (κ3) is 4.56. The molecule has 2 amide bonds. The predicted molar refractivity (Wildman–Crippen MR) is 111 cm³/mol. The van der Waals surface area contributed by atoms with Gasteiger partial charge in [-0.2, -0.15) is 5.10 Å². The van der Waals surface area contributed by atoms with Crippen molar-refractivity contribution >= 4 is 17.6 Å². The maximum atomic E-state index is 12.6. The standard InChI is InChI=1S/C21H30N6O3/c1-15-18(16(2)30-24-15)13-21(29)26-11-9-25(10-12-26)14-20(28)23-19-7-8-22-27(19)17-5-3-4-6-17/h7-8,17H,3-6,9-14H2,1-2H3,(H,23,28). The van der Waals surface area contributed by atoms with Crippen molar-refractivity contribution in [2.24, 2.45) is 0 Å². The minimum absolute atomic E-state index is 0.0368. The number of nitrogens with one attached hydrogen (secondary N) is 1. The predicted octanol–water partition coefficient (Wildman–Crippen LogP) is 1.93. The highest BCUT2D eigenvalue weighted by atomic mass is 16.5. The molecule has 3 heterocycles. The number of amides is 2. The summed E-state index contributed by atoms with van der Waals surface area (Å²) in [5.74, 6) is 1.52. The third-order valence-electron chi connectivity index (χ3n) is 6.21. The Morgan fingerprint density at radius 2 is 1.90 bits per heavy atom. The molecule has 0 bridgehead atoms. The lowest BCUT2D eigenvalue weighted by Gasteiger charge is -2.34. The van der Waals surface area contributed by atoms with E-state index in [1.54, 1.807) is 6.20 Å². The van der Waals surface area contributed by atoms with E-state index in [1.807, 2.05) is 29.5 Å². The number of aromatic nitrogens is 3. The van der Waals surface area contributed by atoms with E-state index in [0.29, 0.717) is 50.9 Å². The summed E-state index contributed by atoms with van der Waals surface area (Å²) in [6.45, 7) is 6.62. The number of carbonyl (C=O) groups excluding carboxylic acids is 2. The molecular weight excluding hydrogens is 384 g/mol.